The third-order valence-corrected chi connectivity index (χ3v) is 2.91. The molecule has 0 saturated carbocycles. The molecular weight excluding hydrogens is 337 g/mol. The molecule has 98 valence electrons. The fraction of sp³-hybridized carbons (Fsp3) is 0.429. The van der Waals surface area contributed by atoms with Crippen LogP contribution in [0.25, 0.3) is 6.08 Å². The van der Waals surface area contributed by atoms with E-state index < -0.39 is 0 Å². The van der Waals surface area contributed by atoms with Crippen LogP contribution in [0.5, 0.6) is 0 Å². The van der Waals surface area contributed by atoms with Crippen molar-refractivity contribution < 1.29 is 0 Å². The molecule has 0 aliphatic rings. The molecule has 3 nitrogen and oxygen atoms in total. The van der Waals surface area contributed by atoms with Crippen LogP contribution in [-0.2, 0) is 0 Å². The van der Waals surface area contributed by atoms with Gasteiger partial charge in [0.15, 0.2) is 0 Å². The monoisotopic (exact) mass is 357 g/mol. The van der Waals surface area contributed by atoms with E-state index in [-0.39, 0.29) is 0 Å². The molecule has 18 heavy (non-hydrogen) atoms. The quantitative estimate of drug-likeness (QED) is 0.319. The molecule has 0 heterocycles. The Balaban J connectivity index is 2.74. The molecule has 4 heteroatoms. The van der Waals surface area contributed by atoms with E-state index in [4.69, 9.17) is 0 Å². The minimum atomic E-state index is 0.356. The van der Waals surface area contributed by atoms with Crippen molar-refractivity contribution >= 4 is 28.7 Å². The van der Waals surface area contributed by atoms with Crippen LogP contribution in [0.15, 0.2) is 44.4 Å². The van der Waals surface area contributed by atoms with Crippen LogP contribution in [0.3, 0.4) is 0 Å². The highest BCUT2D eigenvalue weighted by molar-refractivity contribution is 14.1. The summed E-state index contributed by atoms with van der Waals surface area (Å²) in [5.74, 6) is 0. The molecule has 0 aliphatic carbocycles. The Morgan fingerprint density at radius 1 is 1.11 bits per heavy atom. The summed E-state index contributed by atoms with van der Waals surface area (Å²) in [4.78, 5) is 0. The fourth-order valence-corrected chi connectivity index (χ4v) is 2.07. The van der Waals surface area contributed by atoms with Gasteiger partial charge in [0.25, 0.3) is 0 Å². The van der Waals surface area contributed by atoms with Crippen LogP contribution >= 0.6 is 22.6 Å². The molecule has 0 saturated heterocycles. The van der Waals surface area contributed by atoms with Gasteiger partial charge >= 0.3 is 0 Å². The van der Waals surface area contributed by atoms with E-state index in [1.165, 1.54) is 0 Å². The Kier molecular flexibility index (Phi) is 6.32. The number of benzene rings is 1. The van der Waals surface area contributed by atoms with Crippen molar-refractivity contribution in [2.75, 3.05) is 0 Å². The SMILES string of the molecule is CC(C)N(/N=N/C(I)=C\c1ccccc1)C(C)C. The van der Waals surface area contributed by atoms with Crippen molar-refractivity contribution in [3.05, 3.63) is 39.6 Å². The molecule has 1 aromatic carbocycles. The minimum absolute atomic E-state index is 0.356. The van der Waals surface area contributed by atoms with Gasteiger partial charge in [0.05, 0.1) is 0 Å². The maximum absolute atomic E-state index is 4.30. The van der Waals surface area contributed by atoms with E-state index in [9.17, 15) is 0 Å². The van der Waals surface area contributed by atoms with Crippen LogP contribution in [-0.4, -0.2) is 17.1 Å². The zero-order chi connectivity index (χ0) is 13.5. The number of hydrogen-bond acceptors (Lipinski definition) is 2. The number of rotatable bonds is 5. The Morgan fingerprint density at radius 2 is 1.67 bits per heavy atom. The average Bonchev–Trinajstić information content (AvgIpc) is 2.29. The van der Waals surface area contributed by atoms with Gasteiger partial charge in [0.1, 0.15) is 3.70 Å². The second-order valence-corrected chi connectivity index (χ2v) is 5.74. The normalized spacial score (nSPS) is 12.7. The summed E-state index contributed by atoms with van der Waals surface area (Å²) < 4.78 is 0.880. The highest BCUT2D eigenvalue weighted by Gasteiger charge is 2.10. The van der Waals surface area contributed by atoms with Crippen LogP contribution < -0.4 is 0 Å². The number of hydrogen-bond donors (Lipinski definition) is 0. The lowest BCUT2D eigenvalue weighted by atomic mass is 10.2. The molecule has 0 N–H and O–H groups in total. The topological polar surface area (TPSA) is 28.0 Å². The third-order valence-electron chi connectivity index (χ3n) is 2.39. The zero-order valence-electron chi connectivity index (χ0n) is 11.3. The molecule has 1 aromatic rings. The highest BCUT2D eigenvalue weighted by Crippen LogP contribution is 2.16. The van der Waals surface area contributed by atoms with Gasteiger partial charge in [-0.3, -0.25) is 5.01 Å². The summed E-state index contributed by atoms with van der Waals surface area (Å²) in [6.07, 6.45) is 2.02. The fourth-order valence-electron chi connectivity index (χ4n) is 1.61. The van der Waals surface area contributed by atoms with Gasteiger partial charge in [-0.1, -0.05) is 35.6 Å². The largest absolute Gasteiger partial charge is 0.273 e. The second kappa shape index (κ2) is 7.51. The average molecular weight is 357 g/mol. The van der Waals surface area contributed by atoms with Crippen LogP contribution in [0.4, 0.5) is 0 Å². The summed E-state index contributed by atoms with van der Waals surface area (Å²) in [6.45, 7) is 8.47. The van der Waals surface area contributed by atoms with Gasteiger partial charge in [-0.25, -0.2) is 0 Å². The number of halogens is 1. The van der Waals surface area contributed by atoms with Crippen molar-refractivity contribution in [1.29, 1.82) is 0 Å². The van der Waals surface area contributed by atoms with E-state index in [1.807, 2.05) is 29.3 Å². The molecular formula is C14H20IN3. The lowest BCUT2D eigenvalue weighted by Gasteiger charge is -2.25. The van der Waals surface area contributed by atoms with E-state index in [2.05, 4.69) is 72.8 Å². The Hall–Kier alpha value is -0.910. The van der Waals surface area contributed by atoms with Gasteiger partial charge in [-0.15, -0.1) is 5.11 Å². The van der Waals surface area contributed by atoms with Crippen LogP contribution in [0.2, 0.25) is 0 Å². The zero-order valence-corrected chi connectivity index (χ0v) is 13.5. The van der Waals surface area contributed by atoms with Gasteiger partial charge in [0, 0.05) is 12.1 Å². The van der Waals surface area contributed by atoms with Gasteiger partial charge < -0.3 is 0 Å². The summed E-state index contributed by atoms with van der Waals surface area (Å²) in [5, 5.41) is 10.6. The van der Waals surface area contributed by atoms with Crippen molar-refractivity contribution in [2.24, 2.45) is 10.3 Å². The van der Waals surface area contributed by atoms with Crippen molar-refractivity contribution in [3.8, 4) is 0 Å². The maximum Gasteiger partial charge on any atom is 0.126 e. The van der Waals surface area contributed by atoms with Gasteiger partial charge in [-0.2, -0.15) is 0 Å². The molecule has 0 unspecified atom stereocenters. The molecule has 0 fully saturated rings. The maximum atomic E-state index is 4.30. The second-order valence-electron chi connectivity index (χ2n) is 4.63. The van der Waals surface area contributed by atoms with Gasteiger partial charge in [0.2, 0.25) is 0 Å². The predicted molar refractivity (Wildman–Crippen MR) is 85.4 cm³/mol. The summed E-state index contributed by atoms with van der Waals surface area (Å²) in [7, 11) is 0. The first-order chi connectivity index (χ1) is 8.50. The lowest BCUT2D eigenvalue weighted by Crippen LogP contribution is -2.31. The number of nitrogens with zero attached hydrogens (tertiary/aromatic N) is 3. The van der Waals surface area contributed by atoms with E-state index in [0.29, 0.717) is 12.1 Å². The van der Waals surface area contributed by atoms with Crippen molar-refractivity contribution in [1.82, 2.24) is 5.01 Å². The molecule has 0 amide bonds. The first-order valence-electron chi connectivity index (χ1n) is 6.13. The van der Waals surface area contributed by atoms with Gasteiger partial charge in [-0.05, 0) is 61.9 Å². The smallest absolute Gasteiger partial charge is 0.126 e. The molecule has 0 atom stereocenters. The predicted octanol–water partition coefficient (Wildman–Crippen LogP) is 4.91. The molecule has 0 bridgehead atoms. The summed E-state index contributed by atoms with van der Waals surface area (Å²) in [5.41, 5.74) is 1.14. The van der Waals surface area contributed by atoms with Crippen molar-refractivity contribution in [3.63, 3.8) is 0 Å². The molecule has 0 spiro atoms. The van der Waals surface area contributed by atoms with Crippen molar-refractivity contribution in [2.45, 2.75) is 39.8 Å². The van der Waals surface area contributed by atoms with E-state index in [1.54, 1.807) is 0 Å². The van der Waals surface area contributed by atoms with Crippen LogP contribution in [0, 0.1) is 0 Å². The Bertz CT molecular complexity index is 402. The molecule has 1 rings (SSSR count). The summed E-state index contributed by atoms with van der Waals surface area (Å²) in [6, 6.07) is 10.9. The van der Waals surface area contributed by atoms with E-state index in [0.717, 1.165) is 9.27 Å². The standard InChI is InChI=1S/C14H20IN3/c1-11(2)18(12(3)4)17-16-14(15)10-13-8-6-5-7-9-13/h5-12H,1-4H3/b14-10-,17-16+. The highest BCUT2D eigenvalue weighted by atomic mass is 127. The lowest BCUT2D eigenvalue weighted by molar-refractivity contribution is 0.169. The first kappa shape index (κ1) is 15.1. The Labute approximate surface area is 123 Å². The minimum Gasteiger partial charge on any atom is -0.273 e. The molecule has 0 radical (unpaired) electrons. The molecule has 0 aromatic heterocycles. The third kappa shape index (κ3) is 5.16. The van der Waals surface area contributed by atoms with Crippen LogP contribution in [0.1, 0.15) is 33.3 Å². The first-order valence-corrected chi connectivity index (χ1v) is 7.21. The van der Waals surface area contributed by atoms with E-state index >= 15 is 0 Å². The summed E-state index contributed by atoms with van der Waals surface area (Å²) >= 11 is 2.20. The molecule has 0 aliphatic heterocycles. The Morgan fingerprint density at radius 3 is 2.17 bits per heavy atom.